The third-order valence-electron chi connectivity index (χ3n) is 5.77. The van der Waals surface area contributed by atoms with Crippen LogP contribution in [0.5, 0.6) is 0 Å². The smallest absolute Gasteiger partial charge is 0.256 e. The van der Waals surface area contributed by atoms with Crippen molar-refractivity contribution in [3.05, 3.63) is 114 Å². The van der Waals surface area contributed by atoms with E-state index < -0.39 is 0 Å². The van der Waals surface area contributed by atoms with E-state index in [1.54, 1.807) is 12.5 Å². The van der Waals surface area contributed by atoms with Gasteiger partial charge in [0.05, 0.1) is 24.1 Å². The van der Waals surface area contributed by atoms with Crippen molar-refractivity contribution in [2.45, 2.75) is 13.1 Å². The van der Waals surface area contributed by atoms with E-state index in [1.165, 1.54) is 5.56 Å². The first-order chi connectivity index (χ1) is 15.7. The molecule has 0 radical (unpaired) electrons. The predicted octanol–water partition coefficient (Wildman–Crippen LogP) is 5.41. The van der Waals surface area contributed by atoms with Crippen LogP contribution in [-0.2, 0) is 20.1 Å². The first-order valence-electron chi connectivity index (χ1n) is 10.6. The molecule has 0 saturated heterocycles. The van der Waals surface area contributed by atoms with Gasteiger partial charge in [0.25, 0.3) is 5.91 Å². The number of H-pyrrole nitrogens is 1. The zero-order chi connectivity index (χ0) is 21.9. The lowest BCUT2D eigenvalue weighted by atomic mass is 10.0. The van der Waals surface area contributed by atoms with Gasteiger partial charge in [-0.2, -0.15) is 0 Å². The number of fused-ring (bicyclic) bond motifs is 1. The number of carbonyl (C=O) groups excluding carboxylic acids is 1. The summed E-state index contributed by atoms with van der Waals surface area (Å²) in [7, 11) is 1.97. The zero-order valence-corrected chi connectivity index (χ0v) is 17.9. The third kappa shape index (κ3) is 3.93. The maximum absolute atomic E-state index is 13.7. The van der Waals surface area contributed by atoms with Crippen LogP contribution in [0.4, 0.5) is 0 Å². The van der Waals surface area contributed by atoms with E-state index in [1.807, 2.05) is 65.2 Å². The summed E-state index contributed by atoms with van der Waals surface area (Å²) in [6, 6.07) is 26.7. The molecule has 5 aromatic rings. The van der Waals surface area contributed by atoms with Crippen LogP contribution >= 0.6 is 0 Å². The van der Waals surface area contributed by atoms with Gasteiger partial charge in [-0.1, -0.05) is 72.8 Å². The van der Waals surface area contributed by atoms with E-state index in [2.05, 4.69) is 46.4 Å². The van der Waals surface area contributed by atoms with Crippen LogP contribution in [0.1, 0.15) is 21.6 Å². The molecule has 0 atom stereocenters. The highest BCUT2D eigenvalue weighted by atomic mass is 16.2. The zero-order valence-electron chi connectivity index (χ0n) is 17.9. The molecule has 158 valence electrons. The van der Waals surface area contributed by atoms with Crippen LogP contribution in [0.25, 0.3) is 22.0 Å². The van der Waals surface area contributed by atoms with Crippen LogP contribution in [0.3, 0.4) is 0 Å². The van der Waals surface area contributed by atoms with Gasteiger partial charge in [-0.25, -0.2) is 4.98 Å². The minimum atomic E-state index is 0.00327. The van der Waals surface area contributed by atoms with Crippen molar-refractivity contribution in [3.63, 3.8) is 0 Å². The summed E-state index contributed by atoms with van der Waals surface area (Å²) in [5.74, 6) is 0.00327. The number of imidazole rings is 1. The Morgan fingerprint density at radius 2 is 1.62 bits per heavy atom. The van der Waals surface area contributed by atoms with Crippen molar-refractivity contribution in [2.24, 2.45) is 7.05 Å². The molecule has 0 spiro atoms. The van der Waals surface area contributed by atoms with E-state index in [4.69, 9.17) is 0 Å². The molecule has 1 amide bonds. The first kappa shape index (κ1) is 19.8. The van der Waals surface area contributed by atoms with E-state index in [0.29, 0.717) is 18.7 Å². The fourth-order valence-corrected chi connectivity index (χ4v) is 4.11. The molecule has 0 saturated carbocycles. The topological polar surface area (TPSA) is 53.9 Å². The Hall–Kier alpha value is -4.12. The molecular weight excluding hydrogens is 396 g/mol. The van der Waals surface area contributed by atoms with Gasteiger partial charge < -0.3 is 14.5 Å². The number of aromatic amines is 1. The van der Waals surface area contributed by atoms with Gasteiger partial charge in [-0.3, -0.25) is 4.79 Å². The number of nitrogens with zero attached hydrogens (tertiary/aromatic N) is 3. The highest BCUT2D eigenvalue weighted by molar-refractivity contribution is 6.06. The summed E-state index contributed by atoms with van der Waals surface area (Å²) in [4.78, 5) is 22.8. The van der Waals surface area contributed by atoms with E-state index in [9.17, 15) is 4.79 Å². The van der Waals surface area contributed by atoms with Gasteiger partial charge in [0.15, 0.2) is 0 Å². The Morgan fingerprint density at radius 3 is 2.38 bits per heavy atom. The quantitative estimate of drug-likeness (QED) is 0.399. The molecule has 0 unspecified atom stereocenters. The van der Waals surface area contributed by atoms with Crippen molar-refractivity contribution < 1.29 is 4.79 Å². The molecule has 2 heterocycles. The second-order valence-electron chi connectivity index (χ2n) is 7.97. The fourth-order valence-electron chi connectivity index (χ4n) is 4.11. The number of hydrogen-bond donors (Lipinski definition) is 1. The van der Waals surface area contributed by atoms with Gasteiger partial charge in [0.2, 0.25) is 0 Å². The van der Waals surface area contributed by atoms with Gasteiger partial charge in [-0.15, -0.1) is 0 Å². The lowest BCUT2D eigenvalue weighted by molar-refractivity contribution is 0.0730. The summed E-state index contributed by atoms with van der Waals surface area (Å²) in [6.07, 6.45) is 5.33. The average molecular weight is 421 g/mol. The van der Waals surface area contributed by atoms with Gasteiger partial charge in [0.1, 0.15) is 0 Å². The number of benzene rings is 3. The van der Waals surface area contributed by atoms with Crippen molar-refractivity contribution in [3.8, 4) is 11.1 Å². The van der Waals surface area contributed by atoms with Crippen molar-refractivity contribution in [2.75, 3.05) is 0 Å². The molecule has 0 aliphatic carbocycles. The molecule has 5 heteroatoms. The van der Waals surface area contributed by atoms with E-state index in [0.717, 1.165) is 27.7 Å². The van der Waals surface area contributed by atoms with Gasteiger partial charge >= 0.3 is 0 Å². The van der Waals surface area contributed by atoms with E-state index in [-0.39, 0.29) is 5.91 Å². The number of hydrogen-bond acceptors (Lipinski definition) is 2. The van der Waals surface area contributed by atoms with Crippen molar-refractivity contribution in [1.29, 1.82) is 0 Å². The van der Waals surface area contributed by atoms with Crippen molar-refractivity contribution in [1.82, 2.24) is 19.4 Å². The van der Waals surface area contributed by atoms with Crippen LogP contribution in [0, 0.1) is 0 Å². The Balaban J connectivity index is 1.45. The summed E-state index contributed by atoms with van der Waals surface area (Å²) in [6.45, 7) is 0.971. The molecule has 0 bridgehead atoms. The molecule has 1 N–H and O–H groups in total. The predicted molar refractivity (Wildman–Crippen MR) is 127 cm³/mol. The second kappa shape index (κ2) is 8.55. The minimum Gasteiger partial charge on any atom is -0.350 e. The minimum absolute atomic E-state index is 0.00327. The standard InChI is InChI=1S/C27H24N4O/c1-30-18-25(24-9-5-6-10-26(24)30)27(32)31(17-23-15-28-19-29-23)16-20-11-13-22(14-12-20)21-7-3-2-4-8-21/h2-15,18-19H,16-17H2,1H3,(H,28,29). The number of amides is 1. The Labute approximate surface area is 187 Å². The lowest BCUT2D eigenvalue weighted by Gasteiger charge is -2.22. The largest absolute Gasteiger partial charge is 0.350 e. The number of para-hydroxylation sites is 1. The highest BCUT2D eigenvalue weighted by Gasteiger charge is 2.21. The first-order valence-corrected chi connectivity index (χ1v) is 10.6. The third-order valence-corrected chi connectivity index (χ3v) is 5.77. The van der Waals surface area contributed by atoms with Crippen LogP contribution in [0.2, 0.25) is 0 Å². The Kier molecular flexibility index (Phi) is 5.30. The number of nitrogens with one attached hydrogen (secondary N) is 1. The molecule has 2 aromatic heterocycles. The molecular formula is C27H24N4O. The molecule has 32 heavy (non-hydrogen) atoms. The normalized spacial score (nSPS) is 11.0. The van der Waals surface area contributed by atoms with Crippen molar-refractivity contribution >= 4 is 16.8 Å². The number of aryl methyl sites for hydroxylation is 1. The maximum atomic E-state index is 13.7. The number of aromatic nitrogens is 3. The second-order valence-corrected chi connectivity index (χ2v) is 7.97. The maximum Gasteiger partial charge on any atom is 0.256 e. The molecule has 3 aromatic carbocycles. The average Bonchev–Trinajstić information content (AvgIpc) is 3.47. The highest BCUT2D eigenvalue weighted by Crippen LogP contribution is 2.24. The Morgan fingerprint density at radius 1 is 0.906 bits per heavy atom. The SMILES string of the molecule is Cn1cc(C(=O)N(Cc2ccc(-c3ccccc3)cc2)Cc2cnc[nH]2)c2ccccc21. The number of rotatable bonds is 6. The van der Waals surface area contributed by atoms with Gasteiger partial charge in [-0.05, 0) is 22.8 Å². The van der Waals surface area contributed by atoms with E-state index >= 15 is 0 Å². The fraction of sp³-hybridized carbons (Fsp3) is 0.111. The lowest BCUT2D eigenvalue weighted by Crippen LogP contribution is -2.30. The summed E-state index contributed by atoms with van der Waals surface area (Å²) in [5, 5.41) is 0.967. The molecule has 5 rings (SSSR count). The van der Waals surface area contributed by atoms with Crippen LogP contribution in [0.15, 0.2) is 97.6 Å². The summed E-state index contributed by atoms with van der Waals surface area (Å²) >= 11 is 0. The molecule has 0 fully saturated rings. The number of carbonyl (C=O) groups is 1. The van der Waals surface area contributed by atoms with Gasteiger partial charge in [0, 0.05) is 36.9 Å². The molecule has 5 nitrogen and oxygen atoms in total. The molecule has 0 aliphatic rings. The Bertz CT molecular complexity index is 1340. The summed E-state index contributed by atoms with van der Waals surface area (Å²) in [5.41, 5.74) is 6.08. The molecule has 0 aliphatic heterocycles. The van der Waals surface area contributed by atoms with Crippen LogP contribution in [-0.4, -0.2) is 25.3 Å². The monoisotopic (exact) mass is 420 g/mol. The van der Waals surface area contributed by atoms with Crippen LogP contribution < -0.4 is 0 Å². The summed E-state index contributed by atoms with van der Waals surface area (Å²) < 4.78 is 2.01.